The summed E-state index contributed by atoms with van der Waals surface area (Å²) in [6.07, 6.45) is 1.91. The van der Waals surface area contributed by atoms with Crippen molar-refractivity contribution < 1.29 is 4.74 Å². The van der Waals surface area contributed by atoms with E-state index in [0.29, 0.717) is 6.61 Å². The Morgan fingerprint density at radius 1 is 1.32 bits per heavy atom. The highest BCUT2D eigenvalue weighted by molar-refractivity contribution is 5.63. The molecule has 0 radical (unpaired) electrons. The van der Waals surface area contributed by atoms with Gasteiger partial charge in [0.25, 0.3) is 0 Å². The van der Waals surface area contributed by atoms with Crippen molar-refractivity contribution in [2.24, 2.45) is 0 Å². The van der Waals surface area contributed by atoms with Gasteiger partial charge in [-0.25, -0.2) is 4.98 Å². The summed E-state index contributed by atoms with van der Waals surface area (Å²) >= 11 is 0. The monoisotopic (exact) mass is 257 g/mol. The highest BCUT2D eigenvalue weighted by atomic mass is 16.5. The Hall–Kier alpha value is -1.65. The van der Waals surface area contributed by atoms with Crippen LogP contribution >= 0.6 is 0 Å². The van der Waals surface area contributed by atoms with Crippen LogP contribution < -0.4 is 5.32 Å². The molecule has 0 spiro atoms. The van der Waals surface area contributed by atoms with Crippen LogP contribution in [0.15, 0.2) is 24.4 Å². The van der Waals surface area contributed by atoms with Gasteiger partial charge in [-0.1, -0.05) is 17.7 Å². The lowest BCUT2D eigenvalue weighted by atomic mass is 10.0. The summed E-state index contributed by atoms with van der Waals surface area (Å²) in [7, 11) is 0. The predicted octanol–water partition coefficient (Wildman–Crippen LogP) is 2.35. The standard InChI is InChI=1S/C15H19N3O/c1-10-3-4-11(2)12(7-10)13-8-17-15(18-13)14-9-19-6-5-16-14/h3-4,7-8,14,16H,5-6,9H2,1-2H3,(H,17,18). The molecular weight excluding hydrogens is 238 g/mol. The van der Waals surface area contributed by atoms with Crippen molar-refractivity contribution >= 4 is 0 Å². The van der Waals surface area contributed by atoms with Gasteiger partial charge in [-0.15, -0.1) is 0 Å². The molecule has 100 valence electrons. The molecule has 1 fully saturated rings. The van der Waals surface area contributed by atoms with E-state index >= 15 is 0 Å². The van der Waals surface area contributed by atoms with Gasteiger partial charge in [0.1, 0.15) is 5.82 Å². The lowest BCUT2D eigenvalue weighted by Crippen LogP contribution is -2.35. The molecule has 1 saturated heterocycles. The van der Waals surface area contributed by atoms with E-state index < -0.39 is 0 Å². The van der Waals surface area contributed by atoms with E-state index in [4.69, 9.17) is 4.74 Å². The Bertz CT molecular complexity index is 571. The van der Waals surface area contributed by atoms with Gasteiger partial charge in [0.15, 0.2) is 0 Å². The third kappa shape index (κ3) is 2.55. The predicted molar refractivity (Wildman–Crippen MR) is 75.1 cm³/mol. The van der Waals surface area contributed by atoms with E-state index in [0.717, 1.165) is 24.7 Å². The molecule has 0 saturated carbocycles. The van der Waals surface area contributed by atoms with Gasteiger partial charge in [0.05, 0.1) is 31.1 Å². The van der Waals surface area contributed by atoms with E-state index in [1.807, 2.05) is 6.20 Å². The van der Waals surface area contributed by atoms with Gasteiger partial charge in [-0.3, -0.25) is 0 Å². The first-order valence-corrected chi connectivity index (χ1v) is 6.68. The van der Waals surface area contributed by atoms with Crippen LogP contribution in [0.25, 0.3) is 11.3 Å². The first-order valence-electron chi connectivity index (χ1n) is 6.68. The van der Waals surface area contributed by atoms with Crippen molar-refractivity contribution in [3.05, 3.63) is 41.3 Å². The molecule has 1 unspecified atom stereocenters. The summed E-state index contributed by atoms with van der Waals surface area (Å²) in [5, 5.41) is 3.41. The zero-order chi connectivity index (χ0) is 13.2. The molecule has 1 aromatic carbocycles. The number of aromatic amines is 1. The molecule has 4 nitrogen and oxygen atoms in total. The van der Waals surface area contributed by atoms with Gasteiger partial charge >= 0.3 is 0 Å². The molecule has 3 rings (SSSR count). The van der Waals surface area contributed by atoms with E-state index in [9.17, 15) is 0 Å². The minimum Gasteiger partial charge on any atom is -0.378 e. The van der Waals surface area contributed by atoms with E-state index in [1.165, 1.54) is 16.7 Å². The van der Waals surface area contributed by atoms with E-state index in [2.05, 4.69) is 47.3 Å². The molecule has 4 heteroatoms. The molecule has 1 atom stereocenters. The number of hydrogen-bond acceptors (Lipinski definition) is 3. The second-order valence-corrected chi connectivity index (χ2v) is 5.08. The molecular formula is C15H19N3O. The van der Waals surface area contributed by atoms with E-state index in [1.54, 1.807) is 0 Å². The minimum absolute atomic E-state index is 0.174. The number of H-pyrrole nitrogens is 1. The van der Waals surface area contributed by atoms with Gasteiger partial charge in [0, 0.05) is 12.1 Å². The number of hydrogen-bond donors (Lipinski definition) is 2. The molecule has 1 aliphatic heterocycles. The molecule has 0 bridgehead atoms. The Morgan fingerprint density at radius 3 is 3.00 bits per heavy atom. The zero-order valence-electron chi connectivity index (χ0n) is 11.4. The summed E-state index contributed by atoms with van der Waals surface area (Å²) in [5.41, 5.74) is 4.81. The number of rotatable bonds is 2. The van der Waals surface area contributed by atoms with Crippen LogP contribution in [-0.4, -0.2) is 29.7 Å². The van der Waals surface area contributed by atoms with Crippen molar-refractivity contribution in [1.29, 1.82) is 0 Å². The third-order valence-corrected chi connectivity index (χ3v) is 3.53. The first kappa shape index (κ1) is 12.4. The smallest absolute Gasteiger partial charge is 0.126 e. The van der Waals surface area contributed by atoms with Crippen LogP contribution in [0.1, 0.15) is 23.0 Å². The first-order chi connectivity index (χ1) is 9.24. The summed E-state index contributed by atoms with van der Waals surface area (Å²) in [6, 6.07) is 6.64. The number of aromatic nitrogens is 2. The van der Waals surface area contributed by atoms with Crippen LogP contribution in [0.2, 0.25) is 0 Å². The van der Waals surface area contributed by atoms with Crippen molar-refractivity contribution in [1.82, 2.24) is 15.3 Å². The number of ether oxygens (including phenoxy) is 1. The number of nitrogens with one attached hydrogen (secondary N) is 2. The fourth-order valence-corrected chi connectivity index (χ4v) is 2.42. The average molecular weight is 257 g/mol. The highest BCUT2D eigenvalue weighted by Crippen LogP contribution is 2.24. The van der Waals surface area contributed by atoms with Crippen LogP contribution in [0.4, 0.5) is 0 Å². The molecule has 1 aliphatic rings. The molecule has 2 aromatic rings. The van der Waals surface area contributed by atoms with Crippen molar-refractivity contribution in [3.63, 3.8) is 0 Å². The quantitative estimate of drug-likeness (QED) is 0.868. The van der Waals surface area contributed by atoms with Gasteiger partial charge < -0.3 is 15.0 Å². The van der Waals surface area contributed by atoms with Crippen molar-refractivity contribution in [3.8, 4) is 11.3 Å². The Labute approximate surface area is 113 Å². The second kappa shape index (κ2) is 5.15. The number of benzene rings is 1. The van der Waals surface area contributed by atoms with Crippen LogP contribution in [0.5, 0.6) is 0 Å². The Balaban J connectivity index is 1.89. The number of morpholine rings is 1. The number of imidazole rings is 1. The zero-order valence-corrected chi connectivity index (χ0v) is 11.4. The van der Waals surface area contributed by atoms with Gasteiger partial charge in [-0.2, -0.15) is 0 Å². The largest absolute Gasteiger partial charge is 0.378 e. The maximum atomic E-state index is 5.47. The number of nitrogens with zero attached hydrogens (tertiary/aromatic N) is 1. The summed E-state index contributed by atoms with van der Waals surface area (Å²) < 4.78 is 5.47. The Morgan fingerprint density at radius 2 is 2.21 bits per heavy atom. The van der Waals surface area contributed by atoms with Crippen molar-refractivity contribution in [2.75, 3.05) is 19.8 Å². The minimum atomic E-state index is 0.174. The number of aryl methyl sites for hydroxylation is 2. The summed E-state index contributed by atoms with van der Waals surface area (Å²) in [5.74, 6) is 0.954. The van der Waals surface area contributed by atoms with E-state index in [-0.39, 0.29) is 6.04 Å². The average Bonchev–Trinajstić information content (AvgIpc) is 2.92. The summed E-state index contributed by atoms with van der Waals surface area (Å²) in [4.78, 5) is 7.90. The van der Waals surface area contributed by atoms with Crippen LogP contribution in [-0.2, 0) is 4.74 Å². The van der Waals surface area contributed by atoms with Gasteiger partial charge in [-0.05, 0) is 25.5 Å². The topological polar surface area (TPSA) is 49.9 Å². The second-order valence-electron chi connectivity index (χ2n) is 5.08. The normalized spacial score (nSPS) is 19.6. The molecule has 0 aliphatic carbocycles. The van der Waals surface area contributed by atoms with Gasteiger partial charge in [0.2, 0.25) is 0 Å². The lowest BCUT2D eigenvalue weighted by molar-refractivity contribution is 0.0745. The van der Waals surface area contributed by atoms with Crippen LogP contribution in [0.3, 0.4) is 0 Å². The van der Waals surface area contributed by atoms with Crippen LogP contribution in [0, 0.1) is 13.8 Å². The SMILES string of the molecule is Cc1ccc(C)c(-c2cnc(C3COCCN3)[nH]2)c1. The third-order valence-electron chi connectivity index (χ3n) is 3.53. The molecule has 1 aromatic heterocycles. The molecule has 19 heavy (non-hydrogen) atoms. The molecule has 0 amide bonds. The van der Waals surface area contributed by atoms with Crippen molar-refractivity contribution in [2.45, 2.75) is 19.9 Å². The summed E-state index contributed by atoms with van der Waals surface area (Å²) in [6.45, 7) is 6.57. The fourth-order valence-electron chi connectivity index (χ4n) is 2.42. The Kier molecular flexibility index (Phi) is 3.36. The molecule has 2 N–H and O–H groups in total. The maximum Gasteiger partial charge on any atom is 0.126 e. The molecule has 2 heterocycles. The lowest BCUT2D eigenvalue weighted by Gasteiger charge is -2.21. The fraction of sp³-hybridized carbons (Fsp3) is 0.400. The highest BCUT2D eigenvalue weighted by Gasteiger charge is 2.18. The maximum absolute atomic E-state index is 5.47.